The van der Waals surface area contributed by atoms with Crippen LogP contribution in [-0.2, 0) is 18.0 Å². The Bertz CT molecular complexity index is 1050. The first-order valence-corrected chi connectivity index (χ1v) is 9.75. The first-order valence-electron chi connectivity index (χ1n) is 8.87. The summed E-state index contributed by atoms with van der Waals surface area (Å²) in [5.41, 5.74) is 0.0615. The molecule has 6 nitrogen and oxygen atoms in total. The lowest BCUT2D eigenvalue weighted by atomic mass is 10.2. The number of ether oxygens (including phenoxy) is 1. The number of hydrogen-bond donors (Lipinski definition) is 1. The average Bonchev–Trinajstić information content (AvgIpc) is 3.07. The molecule has 3 rings (SSSR count). The Kier molecular flexibility index (Phi) is 6.35. The Morgan fingerprint density at radius 1 is 1.17 bits per heavy atom. The van der Waals surface area contributed by atoms with Crippen LogP contribution in [0.1, 0.15) is 12.5 Å². The highest BCUT2D eigenvalue weighted by Gasteiger charge is 2.30. The van der Waals surface area contributed by atoms with Gasteiger partial charge in [0, 0.05) is 18.3 Å². The normalized spacial score (nSPS) is 12.5. The lowest BCUT2D eigenvalue weighted by Crippen LogP contribution is -2.23. The number of rotatable bonds is 6. The Hall–Kier alpha value is -3.01. The molecule has 0 spiro atoms. The summed E-state index contributed by atoms with van der Waals surface area (Å²) in [6.07, 6.45) is -4.48. The minimum absolute atomic E-state index is 0.0808. The van der Waals surface area contributed by atoms with E-state index >= 15 is 0 Å². The molecule has 0 aliphatic carbocycles. The third-order valence-electron chi connectivity index (χ3n) is 4.27. The number of hydrogen-bond acceptors (Lipinski definition) is 5. The highest BCUT2D eigenvalue weighted by atomic mass is 32.2. The Morgan fingerprint density at radius 2 is 1.90 bits per heavy atom. The van der Waals surface area contributed by atoms with Crippen LogP contribution in [0, 0.1) is 0 Å². The van der Waals surface area contributed by atoms with Crippen molar-refractivity contribution in [3.8, 4) is 17.1 Å². The molecule has 0 radical (unpaired) electrons. The first-order chi connectivity index (χ1) is 14.2. The van der Waals surface area contributed by atoms with Crippen LogP contribution in [-0.4, -0.2) is 33.0 Å². The van der Waals surface area contributed by atoms with Gasteiger partial charge in [-0.1, -0.05) is 30.0 Å². The number of halogens is 3. The van der Waals surface area contributed by atoms with Crippen molar-refractivity contribution in [2.24, 2.45) is 7.05 Å². The fourth-order valence-electron chi connectivity index (χ4n) is 2.66. The van der Waals surface area contributed by atoms with Crippen molar-refractivity contribution in [3.05, 3.63) is 54.1 Å². The van der Waals surface area contributed by atoms with Crippen molar-refractivity contribution < 1.29 is 22.7 Å². The number of carbonyl (C=O) groups excluding carboxylic acids is 1. The minimum atomic E-state index is -4.48. The fourth-order valence-corrected chi connectivity index (χ4v) is 3.47. The molecule has 0 saturated heterocycles. The second kappa shape index (κ2) is 8.78. The van der Waals surface area contributed by atoms with Gasteiger partial charge in [0.2, 0.25) is 5.91 Å². The number of methoxy groups -OCH3 is 1. The molecule has 1 amide bonds. The average molecular weight is 436 g/mol. The number of benzene rings is 2. The van der Waals surface area contributed by atoms with E-state index in [-0.39, 0.29) is 5.69 Å². The van der Waals surface area contributed by atoms with Gasteiger partial charge in [0.05, 0.1) is 17.9 Å². The molecule has 3 aromatic rings. The van der Waals surface area contributed by atoms with E-state index in [9.17, 15) is 18.0 Å². The van der Waals surface area contributed by atoms with Crippen LogP contribution in [0.15, 0.2) is 53.7 Å². The van der Waals surface area contributed by atoms with Crippen LogP contribution < -0.4 is 10.1 Å². The van der Waals surface area contributed by atoms with E-state index < -0.39 is 22.9 Å². The summed E-state index contributed by atoms with van der Waals surface area (Å²) in [7, 11) is 3.34. The molecule has 30 heavy (non-hydrogen) atoms. The zero-order valence-electron chi connectivity index (χ0n) is 16.4. The topological polar surface area (TPSA) is 69.0 Å². The largest absolute Gasteiger partial charge is 0.497 e. The predicted octanol–water partition coefficient (Wildman–Crippen LogP) is 4.63. The van der Waals surface area contributed by atoms with Crippen molar-refractivity contribution in [2.75, 3.05) is 12.4 Å². The highest BCUT2D eigenvalue weighted by Crippen LogP contribution is 2.31. The van der Waals surface area contributed by atoms with Gasteiger partial charge in [-0.25, -0.2) is 0 Å². The van der Waals surface area contributed by atoms with Crippen LogP contribution in [0.25, 0.3) is 11.4 Å². The zero-order valence-corrected chi connectivity index (χ0v) is 17.2. The molecule has 0 aliphatic heterocycles. The van der Waals surface area contributed by atoms with Crippen LogP contribution in [0.5, 0.6) is 5.75 Å². The third kappa shape index (κ3) is 4.93. The molecular formula is C20H19F3N4O2S. The smallest absolute Gasteiger partial charge is 0.416 e. The number of amides is 1. The number of nitrogens with one attached hydrogen (secondary N) is 1. The molecular weight excluding hydrogens is 417 g/mol. The Balaban J connectivity index is 1.71. The molecule has 158 valence electrons. The van der Waals surface area contributed by atoms with Crippen molar-refractivity contribution in [3.63, 3.8) is 0 Å². The maximum Gasteiger partial charge on any atom is 0.416 e. The van der Waals surface area contributed by atoms with Crippen molar-refractivity contribution in [1.82, 2.24) is 14.8 Å². The van der Waals surface area contributed by atoms with Crippen LogP contribution >= 0.6 is 11.8 Å². The summed E-state index contributed by atoms with van der Waals surface area (Å²) in [5, 5.41) is 10.7. The van der Waals surface area contributed by atoms with Gasteiger partial charge in [-0.3, -0.25) is 4.79 Å². The first kappa shape index (κ1) is 21.7. The molecule has 1 aromatic heterocycles. The summed E-state index contributed by atoms with van der Waals surface area (Å²) >= 11 is 1.16. The van der Waals surface area contributed by atoms with E-state index in [2.05, 4.69) is 15.5 Å². The standard InChI is InChI=1S/C20H19F3N4O2S/c1-12(18(28)24-15-8-5-7-14(11-15)20(21,22)23)30-19-26-25-17(27(19)2)13-6-4-9-16(10-13)29-3/h4-12H,1-3H3,(H,24,28). The van der Waals surface area contributed by atoms with E-state index in [0.717, 1.165) is 29.5 Å². The molecule has 1 unspecified atom stereocenters. The summed E-state index contributed by atoms with van der Waals surface area (Å²) in [5.74, 6) is 0.839. The Morgan fingerprint density at radius 3 is 2.60 bits per heavy atom. The molecule has 1 N–H and O–H groups in total. The van der Waals surface area contributed by atoms with Crippen LogP contribution in [0.3, 0.4) is 0 Å². The third-order valence-corrected chi connectivity index (χ3v) is 5.41. The van der Waals surface area contributed by atoms with E-state index in [1.54, 1.807) is 25.6 Å². The van der Waals surface area contributed by atoms with Gasteiger partial charge in [-0.15, -0.1) is 10.2 Å². The van der Waals surface area contributed by atoms with Gasteiger partial charge in [0.15, 0.2) is 11.0 Å². The van der Waals surface area contributed by atoms with Crippen LogP contribution in [0.4, 0.5) is 18.9 Å². The molecule has 1 heterocycles. The molecule has 0 fully saturated rings. The number of thioether (sulfide) groups is 1. The van der Waals surface area contributed by atoms with Crippen LogP contribution in [0.2, 0.25) is 0 Å². The second-order valence-corrected chi connectivity index (χ2v) is 7.73. The summed E-state index contributed by atoms with van der Waals surface area (Å²) in [6, 6.07) is 11.8. The number of aromatic nitrogens is 3. The summed E-state index contributed by atoms with van der Waals surface area (Å²) in [4.78, 5) is 12.5. The van der Waals surface area contributed by atoms with Gasteiger partial charge in [0.25, 0.3) is 0 Å². The number of nitrogens with zero attached hydrogens (tertiary/aromatic N) is 3. The van der Waals surface area contributed by atoms with Crippen molar-refractivity contribution >= 4 is 23.4 Å². The highest BCUT2D eigenvalue weighted by molar-refractivity contribution is 8.00. The fraction of sp³-hybridized carbons (Fsp3) is 0.250. The quantitative estimate of drug-likeness (QED) is 0.571. The number of carbonyl (C=O) groups is 1. The summed E-state index contributed by atoms with van der Waals surface area (Å²) < 4.78 is 45.5. The predicted molar refractivity (Wildman–Crippen MR) is 108 cm³/mol. The Labute approximate surface area is 175 Å². The second-order valence-electron chi connectivity index (χ2n) is 6.43. The lowest BCUT2D eigenvalue weighted by Gasteiger charge is -2.13. The maximum atomic E-state index is 12.8. The SMILES string of the molecule is COc1cccc(-c2nnc(SC(C)C(=O)Nc3cccc(C(F)(F)F)c3)n2C)c1. The van der Waals surface area contributed by atoms with Crippen molar-refractivity contribution in [2.45, 2.75) is 23.5 Å². The molecule has 0 bridgehead atoms. The van der Waals surface area contributed by atoms with E-state index in [4.69, 9.17) is 4.74 Å². The maximum absolute atomic E-state index is 12.8. The molecule has 2 aromatic carbocycles. The van der Waals surface area contributed by atoms with Gasteiger partial charge in [-0.05, 0) is 37.3 Å². The van der Waals surface area contributed by atoms with Gasteiger partial charge in [-0.2, -0.15) is 13.2 Å². The van der Waals surface area contributed by atoms with E-state index in [1.807, 2.05) is 24.3 Å². The molecule has 0 aliphatic rings. The monoisotopic (exact) mass is 436 g/mol. The molecule has 10 heteroatoms. The van der Waals surface area contributed by atoms with Gasteiger partial charge in [0.1, 0.15) is 5.75 Å². The number of alkyl halides is 3. The van der Waals surface area contributed by atoms with Gasteiger partial charge < -0.3 is 14.6 Å². The van der Waals surface area contributed by atoms with Gasteiger partial charge >= 0.3 is 6.18 Å². The number of anilines is 1. The summed E-state index contributed by atoms with van der Waals surface area (Å²) in [6.45, 7) is 1.65. The minimum Gasteiger partial charge on any atom is -0.497 e. The zero-order chi connectivity index (χ0) is 21.9. The molecule has 1 atom stereocenters. The van der Waals surface area contributed by atoms with Crippen molar-refractivity contribution in [1.29, 1.82) is 0 Å². The van der Waals surface area contributed by atoms with E-state index in [0.29, 0.717) is 16.7 Å². The lowest BCUT2D eigenvalue weighted by molar-refractivity contribution is -0.137. The molecule has 0 saturated carbocycles. The van der Waals surface area contributed by atoms with E-state index in [1.165, 1.54) is 12.1 Å².